The number of aryl methyl sites for hydroxylation is 1. The van der Waals surface area contributed by atoms with Gasteiger partial charge in [-0.05, 0) is 60.6 Å². The van der Waals surface area contributed by atoms with E-state index in [-0.39, 0.29) is 0 Å². The second-order valence-corrected chi connectivity index (χ2v) is 7.35. The van der Waals surface area contributed by atoms with Crippen molar-refractivity contribution in [2.45, 2.75) is 51.2 Å². The third-order valence-corrected chi connectivity index (χ3v) is 5.70. The van der Waals surface area contributed by atoms with Gasteiger partial charge in [0.15, 0.2) is 0 Å². The zero-order valence-electron chi connectivity index (χ0n) is 14.8. The summed E-state index contributed by atoms with van der Waals surface area (Å²) in [6, 6.07) is 20.3. The zero-order chi connectivity index (χ0) is 17.2. The first kappa shape index (κ1) is 16.1. The molecule has 0 radical (unpaired) electrons. The maximum atomic E-state index is 9.24. The first-order chi connectivity index (χ1) is 12.2. The van der Waals surface area contributed by atoms with Crippen LogP contribution < -0.4 is 0 Å². The lowest BCUT2D eigenvalue weighted by atomic mass is 9.81. The molecule has 2 bridgehead atoms. The van der Waals surface area contributed by atoms with Crippen LogP contribution in [0.15, 0.2) is 54.6 Å². The minimum atomic E-state index is 0.521. The maximum Gasteiger partial charge on any atom is 0.0991 e. The number of hydrogen-bond acceptors (Lipinski definition) is 2. The number of benzene rings is 2. The van der Waals surface area contributed by atoms with Crippen LogP contribution in [0.5, 0.6) is 0 Å². The molecule has 2 unspecified atom stereocenters. The van der Waals surface area contributed by atoms with E-state index < -0.39 is 0 Å². The lowest BCUT2D eigenvalue weighted by Crippen LogP contribution is -2.47. The standard InChI is InChI=1S/C23H24N2/c1-17-10-11-19(15-24)12-23(17)20-13-21-8-5-9-22(14-20)25(21)16-18-6-3-2-4-7-18/h2-4,6-7,10-13,21-22H,5,8-9,14,16H2,1H3. The second kappa shape index (κ2) is 6.86. The molecule has 0 aromatic heterocycles. The fourth-order valence-corrected chi connectivity index (χ4v) is 4.40. The zero-order valence-corrected chi connectivity index (χ0v) is 14.8. The van der Waals surface area contributed by atoms with E-state index in [0.717, 1.165) is 18.5 Å². The number of nitrogens with zero attached hydrogens (tertiary/aromatic N) is 2. The first-order valence-corrected chi connectivity index (χ1v) is 9.26. The van der Waals surface area contributed by atoms with Gasteiger partial charge >= 0.3 is 0 Å². The molecule has 2 nitrogen and oxygen atoms in total. The molecule has 25 heavy (non-hydrogen) atoms. The predicted octanol–water partition coefficient (Wildman–Crippen LogP) is 5.08. The van der Waals surface area contributed by atoms with Crippen molar-refractivity contribution in [3.63, 3.8) is 0 Å². The van der Waals surface area contributed by atoms with Crippen molar-refractivity contribution in [1.29, 1.82) is 5.26 Å². The highest BCUT2D eigenvalue weighted by molar-refractivity contribution is 5.71. The summed E-state index contributed by atoms with van der Waals surface area (Å²) in [6.07, 6.45) is 7.41. The Balaban J connectivity index is 1.64. The molecule has 1 fully saturated rings. The van der Waals surface area contributed by atoms with E-state index in [9.17, 15) is 5.26 Å². The van der Waals surface area contributed by atoms with Crippen LogP contribution in [0.25, 0.3) is 5.57 Å². The summed E-state index contributed by atoms with van der Waals surface area (Å²) >= 11 is 0. The van der Waals surface area contributed by atoms with Crippen molar-refractivity contribution in [2.24, 2.45) is 0 Å². The Hall–Kier alpha value is -2.37. The van der Waals surface area contributed by atoms with Crippen LogP contribution >= 0.6 is 0 Å². The molecular weight excluding hydrogens is 304 g/mol. The van der Waals surface area contributed by atoms with Crippen LogP contribution in [0, 0.1) is 18.3 Å². The highest BCUT2D eigenvalue weighted by Gasteiger charge is 2.34. The summed E-state index contributed by atoms with van der Waals surface area (Å²) in [7, 11) is 0. The SMILES string of the molecule is Cc1ccc(C#N)cc1C1=CC2CCCC(C1)N2Cc1ccccc1. The normalized spacial score (nSPS) is 23.0. The Morgan fingerprint density at radius 1 is 1.12 bits per heavy atom. The molecule has 2 atom stereocenters. The Labute approximate surface area is 150 Å². The van der Waals surface area contributed by atoms with E-state index in [2.05, 4.69) is 66.4 Å². The lowest BCUT2D eigenvalue weighted by Gasteiger charge is -2.45. The minimum Gasteiger partial charge on any atom is -0.289 e. The molecule has 2 heterocycles. The summed E-state index contributed by atoms with van der Waals surface area (Å²) in [4.78, 5) is 2.69. The van der Waals surface area contributed by atoms with Gasteiger partial charge in [-0.15, -0.1) is 0 Å². The predicted molar refractivity (Wildman–Crippen MR) is 102 cm³/mol. The third kappa shape index (κ3) is 3.25. The van der Waals surface area contributed by atoms with Gasteiger partial charge in [0.1, 0.15) is 0 Å². The van der Waals surface area contributed by atoms with Crippen LogP contribution in [0.3, 0.4) is 0 Å². The molecule has 0 amide bonds. The molecule has 2 aliphatic heterocycles. The fraction of sp³-hybridized carbons (Fsp3) is 0.348. The van der Waals surface area contributed by atoms with Crippen LogP contribution in [0.4, 0.5) is 0 Å². The van der Waals surface area contributed by atoms with Crippen LogP contribution in [-0.4, -0.2) is 17.0 Å². The average molecular weight is 328 g/mol. The van der Waals surface area contributed by atoms with E-state index in [1.165, 1.54) is 41.5 Å². The monoisotopic (exact) mass is 328 g/mol. The Morgan fingerprint density at radius 2 is 1.96 bits per heavy atom. The molecule has 0 saturated carbocycles. The summed E-state index contributed by atoms with van der Waals surface area (Å²) in [5.41, 5.74) is 6.15. The van der Waals surface area contributed by atoms with E-state index in [1.807, 2.05) is 6.07 Å². The van der Waals surface area contributed by atoms with E-state index in [4.69, 9.17) is 0 Å². The molecule has 1 saturated heterocycles. The minimum absolute atomic E-state index is 0.521. The largest absolute Gasteiger partial charge is 0.289 e. The van der Waals surface area contributed by atoms with Gasteiger partial charge in [0.05, 0.1) is 11.6 Å². The first-order valence-electron chi connectivity index (χ1n) is 9.26. The number of rotatable bonds is 3. The quantitative estimate of drug-likeness (QED) is 0.786. The highest BCUT2D eigenvalue weighted by atomic mass is 15.2. The van der Waals surface area contributed by atoms with E-state index in [0.29, 0.717) is 12.1 Å². The van der Waals surface area contributed by atoms with Gasteiger partial charge in [-0.1, -0.05) is 48.9 Å². The van der Waals surface area contributed by atoms with Crippen molar-refractivity contribution in [3.05, 3.63) is 76.9 Å². The molecule has 2 heteroatoms. The van der Waals surface area contributed by atoms with Crippen molar-refractivity contribution in [3.8, 4) is 6.07 Å². The number of hydrogen-bond donors (Lipinski definition) is 0. The van der Waals surface area contributed by atoms with Gasteiger partial charge < -0.3 is 0 Å². The van der Waals surface area contributed by atoms with Crippen molar-refractivity contribution >= 4 is 5.57 Å². The van der Waals surface area contributed by atoms with Crippen molar-refractivity contribution < 1.29 is 0 Å². The Kier molecular flexibility index (Phi) is 4.42. The van der Waals surface area contributed by atoms with Gasteiger partial charge in [-0.25, -0.2) is 0 Å². The maximum absolute atomic E-state index is 9.24. The molecule has 2 aliphatic rings. The molecule has 0 spiro atoms. The summed E-state index contributed by atoms with van der Waals surface area (Å²) < 4.78 is 0. The number of piperidine rings is 1. The third-order valence-electron chi connectivity index (χ3n) is 5.70. The van der Waals surface area contributed by atoms with Crippen LogP contribution in [0.1, 0.15) is 47.9 Å². The van der Waals surface area contributed by atoms with Crippen molar-refractivity contribution in [2.75, 3.05) is 0 Å². The summed E-state index contributed by atoms with van der Waals surface area (Å²) in [5, 5.41) is 9.24. The number of nitriles is 1. The smallest absolute Gasteiger partial charge is 0.0991 e. The average Bonchev–Trinajstić information content (AvgIpc) is 2.63. The molecule has 0 N–H and O–H groups in total. The highest BCUT2D eigenvalue weighted by Crippen LogP contribution is 2.38. The van der Waals surface area contributed by atoms with Gasteiger partial charge in [0, 0.05) is 18.6 Å². The van der Waals surface area contributed by atoms with E-state index >= 15 is 0 Å². The van der Waals surface area contributed by atoms with Gasteiger partial charge in [-0.2, -0.15) is 5.26 Å². The lowest BCUT2D eigenvalue weighted by molar-refractivity contribution is 0.0951. The van der Waals surface area contributed by atoms with E-state index in [1.54, 1.807) is 0 Å². The summed E-state index contributed by atoms with van der Waals surface area (Å²) in [5.74, 6) is 0. The topological polar surface area (TPSA) is 27.0 Å². The number of fused-ring (bicyclic) bond motifs is 2. The fourth-order valence-electron chi connectivity index (χ4n) is 4.40. The Morgan fingerprint density at radius 3 is 2.72 bits per heavy atom. The van der Waals surface area contributed by atoms with Crippen LogP contribution in [-0.2, 0) is 6.54 Å². The van der Waals surface area contributed by atoms with Crippen molar-refractivity contribution in [1.82, 2.24) is 4.90 Å². The molecule has 126 valence electrons. The molecule has 2 aromatic rings. The molecule has 4 rings (SSSR count). The Bertz CT molecular complexity index is 829. The van der Waals surface area contributed by atoms with Gasteiger partial charge in [0.2, 0.25) is 0 Å². The molecular formula is C23H24N2. The molecule has 0 aliphatic carbocycles. The van der Waals surface area contributed by atoms with Gasteiger partial charge in [0.25, 0.3) is 0 Å². The van der Waals surface area contributed by atoms with Gasteiger partial charge in [-0.3, -0.25) is 4.90 Å². The summed E-state index contributed by atoms with van der Waals surface area (Å²) in [6.45, 7) is 3.20. The van der Waals surface area contributed by atoms with Crippen LogP contribution in [0.2, 0.25) is 0 Å². The second-order valence-electron chi connectivity index (χ2n) is 7.35. The molecule has 2 aromatic carbocycles.